The molecule has 2 amide bonds. The minimum absolute atomic E-state index is 0.193. The van der Waals surface area contributed by atoms with E-state index in [2.05, 4.69) is 0 Å². The zero-order chi connectivity index (χ0) is 20.3. The van der Waals surface area contributed by atoms with Crippen LogP contribution in [-0.4, -0.2) is 41.4 Å². The van der Waals surface area contributed by atoms with Crippen LogP contribution in [-0.2, 0) is 16.1 Å². The molecule has 0 radical (unpaired) electrons. The summed E-state index contributed by atoms with van der Waals surface area (Å²) in [4.78, 5) is 38.2. The molecule has 1 heterocycles. The maximum absolute atomic E-state index is 12.6. The molecule has 0 aromatic heterocycles. The van der Waals surface area contributed by atoms with Crippen molar-refractivity contribution in [2.45, 2.75) is 32.9 Å². The van der Waals surface area contributed by atoms with Crippen LogP contribution in [0.15, 0.2) is 48.5 Å². The molecule has 3 rings (SSSR count). The summed E-state index contributed by atoms with van der Waals surface area (Å²) in [7, 11) is 0. The van der Waals surface area contributed by atoms with Crippen molar-refractivity contribution in [1.82, 2.24) is 4.90 Å². The molecule has 0 bridgehead atoms. The average molecular weight is 381 g/mol. The Bertz CT molecular complexity index is 866. The van der Waals surface area contributed by atoms with Gasteiger partial charge in [-0.1, -0.05) is 24.3 Å². The number of amides is 2. The second kappa shape index (κ2) is 7.94. The fourth-order valence-corrected chi connectivity index (χ4v) is 3.17. The summed E-state index contributed by atoms with van der Waals surface area (Å²) < 4.78 is 10.7. The quantitative estimate of drug-likeness (QED) is 0.542. The molecule has 28 heavy (non-hydrogen) atoms. The van der Waals surface area contributed by atoms with Gasteiger partial charge in [0.1, 0.15) is 0 Å². The molecule has 2 aromatic rings. The molecule has 0 spiro atoms. The molecule has 0 saturated heterocycles. The monoisotopic (exact) mass is 381 g/mol. The number of carbonyl (C=O) groups excluding carboxylic acids is 3. The molecular formula is C22H23NO5. The Morgan fingerprint density at radius 1 is 0.964 bits per heavy atom. The lowest BCUT2D eigenvalue weighted by atomic mass is 10.0. The fourth-order valence-electron chi connectivity index (χ4n) is 3.17. The smallest absolute Gasteiger partial charge is 0.338 e. The molecule has 2 aromatic carbocycles. The summed E-state index contributed by atoms with van der Waals surface area (Å²) in [6.45, 7) is 6.19. The van der Waals surface area contributed by atoms with Crippen LogP contribution >= 0.6 is 0 Å². The summed E-state index contributed by atoms with van der Waals surface area (Å²) in [5.74, 6) is -0.956. The number of benzene rings is 2. The van der Waals surface area contributed by atoms with E-state index in [0.717, 1.165) is 5.56 Å². The van der Waals surface area contributed by atoms with Crippen molar-refractivity contribution in [2.24, 2.45) is 0 Å². The number of esters is 1. The Hall–Kier alpha value is -2.99. The molecule has 6 heteroatoms. The summed E-state index contributed by atoms with van der Waals surface area (Å²) >= 11 is 0. The fraction of sp³-hybridized carbons (Fsp3) is 0.318. The number of carbonyl (C=O) groups is 3. The van der Waals surface area contributed by atoms with Crippen LogP contribution in [0.1, 0.15) is 57.4 Å². The standard InChI is InChI=1S/C22H23NO5/c1-4-28-21(26)16-11-9-15(10-12-16)13-27-14-22(2,3)23-19(24)17-7-5-6-8-18(17)20(23)25/h5-12H,4,13-14H2,1-3H3. The van der Waals surface area contributed by atoms with Crippen LogP contribution in [0.5, 0.6) is 0 Å². The Balaban J connectivity index is 1.61. The Kier molecular flexibility index (Phi) is 5.61. The lowest BCUT2D eigenvalue weighted by Crippen LogP contribution is -2.50. The highest BCUT2D eigenvalue weighted by Gasteiger charge is 2.43. The van der Waals surface area contributed by atoms with Gasteiger partial charge in [-0.05, 0) is 50.6 Å². The van der Waals surface area contributed by atoms with Crippen LogP contribution in [0.25, 0.3) is 0 Å². The molecule has 6 nitrogen and oxygen atoms in total. The number of imide groups is 1. The highest BCUT2D eigenvalue weighted by Crippen LogP contribution is 2.29. The second-order valence-corrected chi connectivity index (χ2v) is 7.21. The molecule has 0 fully saturated rings. The second-order valence-electron chi connectivity index (χ2n) is 7.21. The topological polar surface area (TPSA) is 72.9 Å². The summed E-state index contributed by atoms with van der Waals surface area (Å²) in [5, 5.41) is 0. The van der Waals surface area contributed by atoms with Crippen LogP contribution in [0.4, 0.5) is 0 Å². The number of hydrogen-bond acceptors (Lipinski definition) is 5. The Morgan fingerprint density at radius 2 is 1.54 bits per heavy atom. The van der Waals surface area contributed by atoms with Crippen molar-refractivity contribution in [1.29, 1.82) is 0 Å². The summed E-state index contributed by atoms with van der Waals surface area (Å²) in [6.07, 6.45) is 0. The normalized spacial score (nSPS) is 13.6. The molecule has 0 unspecified atom stereocenters. The van der Waals surface area contributed by atoms with Gasteiger partial charge in [-0.3, -0.25) is 14.5 Å². The first kappa shape index (κ1) is 19.8. The molecule has 0 N–H and O–H groups in total. The van der Waals surface area contributed by atoms with Gasteiger partial charge in [-0.2, -0.15) is 0 Å². The Morgan fingerprint density at radius 3 is 2.07 bits per heavy atom. The first-order valence-corrected chi connectivity index (χ1v) is 9.17. The SMILES string of the molecule is CCOC(=O)c1ccc(COCC(C)(C)N2C(=O)c3ccccc3C2=O)cc1. The predicted octanol–water partition coefficient (Wildman–Crippen LogP) is 3.45. The van der Waals surface area contributed by atoms with Crippen molar-refractivity contribution < 1.29 is 23.9 Å². The maximum Gasteiger partial charge on any atom is 0.338 e. The first-order chi connectivity index (χ1) is 13.3. The van der Waals surface area contributed by atoms with Gasteiger partial charge in [0.25, 0.3) is 11.8 Å². The van der Waals surface area contributed by atoms with E-state index in [1.807, 2.05) is 0 Å². The van der Waals surface area contributed by atoms with Crippen LogP contribution in [0, 0.1) is 0 Å². The van der Waals surface area contributed by atoms with E-state index in [4.69, 9.17) is 9.47 Å². The Labute approximate surface area is 164 Å². The van der Waals surface area contributed by atoms with Gasteiger partial charge in [-0.15, -0.1) is 0 Å². The number of ether oxygens (including phenoxy) is 2. The molecule has 0 saturated carbocycles. The number of rotatable bonds is 7. The lowest BCUT2D eigenvalue weighted by Gasteiger charge is -2.33. The van der Waals surface area contributed by atoms with E-state index in [0.29, 0.717) is 29.9 Å². The third kappa shape index (κ3) is 3.82. The van der Waals surface area contributed by atoms with Gasteiger partial charge >= 0.3 is 5.97 Å². The summed E-state index contributed by atoms with van der Waals surface area (Å²) in [6, 6.07) is 13.8. The van der Waals surface area contributed by atoms with Gasteiger partial charge in [0.15, 0.2) is 0 Å². The molecule has 1 aliphatic rings. The predicted molar refractivity (Wildman–Crippen MR) is 103 cm³/mol. The van der Waals surface area contributed by atoms with E-state index in [-0.39, 0.29) is 24.4 Å². The van der Waals surface area contributed by atoms with Crippen LogP contribution < -0.4 is 0 Å². The lowest BCUT2D eigenvalue weighted by molar-refractivity contribution is 0.0118. The minimum atomic E-state index is -0.794. The van der Waals surface area contributed by atoms with Crippen LogP contribution in [0.2, 0.25) is 0 Å². The van der Waals surface area contributed by atoms with Crippen LogP contribution in [0.3, 0.4) is 0 Å². The van der Waals surface area contributed by atoms with E-state index in [1.165, 1.54) is 4.90 Å². The van der Waals surface area contributed by atoms with E-state index < -0.39 is 5.54 Å². The van der Waals surface area contributed by atoms with Gasteiger partial charge in [0.2, 0.25) is 0 Å². The highest BCUT2D eigenvalue weighted by molar-refractivity contribution is 6.21. The van der Waals surface area contributed by atoms with E-state index in [1.54, 1.807) is 69.3 Å². The van der Waals surface area contributed by atoms with Gasteiger partial charge in [0, 0.05) is 0 Å². The van der Waals surface area contributed by atoms with E-state index in [9.17, 15) is 14.4 Å². The highest BCUT2D eigenvalue weighted by atomic mass is 16.5. The largest absolute Gasteiger partial charge is 0.462 e. The number of fused-ring (bicyclic) bond motifs is 1. The van der Waals surface area contributed by atoms with Gasteiger partial charge in [0.05, 0.1) is 42.0 Å². The minimum Gasteiger partial charge on any atom is -0.462 e. The molecule has 0 atom stereocenters. The third-order valence-corrected chi connectivity index (χ3v) is 4.59. The summed E-state index contributed by atoms with van der Waals surface area (Å²) in [5.41, 5.74) is 1.42. The molecule has 1 aliphatic heterocycles. The van der Waals surface area contributed by atoms with Crippen molar-refractivity contribution >= 4 is 17.8 Å². The van der Waals surface area contributed by atoms with Crippen molar-refractivity contribution in [3.8, 4) is 0 Å². The van der Waals surface area contributed by atoms with Gasteiger partial charge < -0.3 is 9.47 Å². The number of nitrogens with zero attached hydrogens (tertiary/aromatic N) is 1. The first-order valence-electron chi connectivity index (χ1n) is 9.17. The zero-order valence-electron chi connectivity index (χ0n) is 16.2. The molecular weight excluding hydrogens is 358 g/mol. The molecule has 146 valence electrons. The van der Waals surface area contributed by atoms with Crippen molar-refractivity contribution in [2.75, 3.05) is 13.2 Å². The van der Waals surface area contributed by atoms with Crippen molar-refractivity contribution in [3.63, 3.8) is 0 Å². The zero-order valence-corrected chi connectivity index (χ0v) is 16.2. The van der Waals surface area contributed by atoms with Crippen molar-refractivity contribution in [3.05, 3.63) is 70.8 Å². The molecule has 0 aliphatic carbocycles. The maximum atomic E-state index is 12.6. The third-order valence-electron chi connectivity index (χ3n) is 4.59. The van der Waals surface area contributed by atoms with E-state index >= 15 is 0 Å². The average Bonchev–Trinajstić information content (AvgIpc) is 2.94. The van der Waals surface area contributed by atoms with Gasteiger partial charge in [-0.25, -0.2) is 4.79 Å². The number of hydrogen-bond donors (Lipinski definition) is 0.